The van der Waals surface area contributed by atoms with Crippen molar-refractivity contribution in [3.63, 3.8) is 0 Å². The lowest BCUT2D eigenvalue weighted by Crippen LogP contribution is -2.26. The van der Waals surface area contributed by atoms with Crippen molar-refractivity contribution in [3.05, 3.63) is 36.0 Å². The van der Waals surface area contributed by atoms with Gasteiger partial charge in [0.15, 0.2) is 0 Å². The molecule has 0 aliphatic rings. The van der Waals surface area contributed by atoms with Crippen LogP contribution < -0.4 is 0 Å². The maximum Gasteiger partial charge on any atom is 0.222 e. The van der Waals surface area contributed by atoms with E-state index >= 15 is 0 Å². The highest BCUT2D eigenvalue weighted by Gasteiger charge is 2.06. The first-order valence-electron chi connectivity index (χ1n) is 6.78. The first-order chi connectivity index (χ1) is 9.01. The second-order valence-corrected chi connectivity index (χ2v) is 4.89. The van der Waals surface area contributed by atoms with E-state index in [1.165, 1.54) is 11.1 Å². The van der Waals surface area contributed by atoms with E-state index in [-0.39, 0.29) is 12.5 Å². The smallest absolute Gasteiger partial charge is 0.222 e. The third kappa shape index (κ3) is 9.25. The van der Waals surface area contributed by atoms with Crippen LogP contribution in [0.25, 0.3) is 0 Å². The van der Waals surface area contributed by atoms with E-state index < -0.39 is 0 Å². The molecule has 19 heavy (non-hydrogen) atoms. The van der Waals surface area contributed by atoms with Gasteiger partial charge in [0.2, 0.25) is 5.91 Å². The monoisotopic (exact) mass is 265 g/mol. The number of hydrogen-bond donors (Lipinski definition) is 1. The van der Waals surface area contributed by atoms with Gasteiger partial charge in [-0.3, -0.25) is 4.79 Å². The van der Waals surface area contributed by atoms with E-state index in [0.29, 0.717) is 13.0 Å². The molecule has 0 aliphatic carbocycles. The quantitative estimate of drug-likeness (QED) is 0.651. The van der Waals surface area contributed by atoms with Crippen molar-refractivity contribution in [2.24, 2.45) is 0 Å². The number of allylic oxidation sites excluding steroid dienone is 3. The molecule has 1 amide bonds. The molecule has 0 aromatic carbocycles. The van der Waals surface area contributed by atoms with Crippen LogP contribution in [0.15, 0.2) is 36.0 Å². The molecule has 0 unspecified atom stereocenters. The number of rotatable bonds is 9. The molecule has 108 valence electrons. The maximum absolute atomic E-state index is 11.7. The SMILES string of the molecule is C=CCN(C)C(=O)CC/C(C)=C/CC/C(C)=C/CO. The van der Waals surface area contributed by atoms with Crippen LogP contribution in [0.4, 0.5) is 0 Å². The molecule has 0 saturated carbocycles. The Kier molecular flexibility index (Phi) is 9.81. The predicted octanol–water partition coefficient (Wildman–Crippen LogP) is 3.08. The maximum atomic E-state index is 11.7. The van der Waals surface area contributed by atoms with Crippen LogP contribution in [0.3, 0.4) is 0 Å². The molecule has 0 fully saturated rings. The molecule has 3 nitrogen and oxygen atoms in total. The first kappa shape index (κ1) is 17.6. The van der Waals surface area contributed by atoms with E-state index in [0.717, 1.165) is 19.3 Å². The van der Waals surface area contributed by atoms with Gasteiger partial charge in [-0.15, -0.1) is 6.58 Å². The summed E-state index contributed by atoms with van der Waals surface area (Å²) in [5.41, 5.74) is 2.45. The highest BCUT2D eigenvalue weighted by molar-refractivity contribution is 5.76. The molecule has 3 heteroatoms. The Bertz CT molecular complexity index is 343. The van der Waals surface area contributed by atoms with Crippen LogP contribution in [-0.2, 0) is 4.79 Å². The topological polar surface area (TPSA) is 40.5 Å². The Morgan fingerprint density at radius 1 is 1.16 bits per heavy atom. The molecular weight excluding hydrogens is 238 g/mol. The Morgan fingerprint density at radius 3 is 2.37 bits per heavy atom. The summed E-state index contributed by atoms with van der Waals surface area (Å²) in [6.45, 7) is 8.42. The minimum Gasteiger partial charge on any atom is -0.392 e. The van der Waals surface area contributed by atoms with Crippen LogP contribution in [-0.4, -0.2) is 36.1 Å². The van der Waals surface area contributed by atoms with Gasteiger partial charge in [-0.25, -0.2) is 0 Å². The Morgan fingerprint density at radius 2 is 1.79 bits per heavy atom. The number of likely N-dealkylation sites (N-methyl/N-ethyl adjacent to an activating group) is 1. The summed E-state index contributed by atoms with van der Waals surface area (Å²) in [5.74, 6) is 0.156. The molecule has 0 aliphatic heterocycles. The predicted molar refractivity (Wildman–Crippen MR) is 80.9 cm³/mol. The first-order valence-corrected chi connectivity index (χ1v) is 6.78. The van der Waals surface area contributed by atoms with E-state index in [4.69, 9.17) is 5.11 Å². The lowest BCUT2D eigenvalue weighted by atomic mass is 10.1. The van der Waals surface area contributed by atoms with E-state index in [2.05, 4.69) is 19.6 Å². The van der Waals surface area contributed by atoms with E-state index in [1.807, 2.05) is 13.0 Å². The molecule has 0 saturated heterocycles. The third-order valence-electron chi connectivity index (χ3n) is 3.03. The highest BCUT2D eigenvalue weighted by atomic mass is 16.2. The zero-order chi connectivity index (χ0) is 14.7. The van der Waals surface area contributed by atoms with Gasteiger partial charge in [0.1, 0.15) is 0 Å². The van der Waals surface area contributed by atoms with E-state index in [9.17, 15) is 4.79 Å². The van der Waals surface area contributed by atoms with Crippen molar-refractivity contribution in [2.75, 3.05) is 20.2 Å². The van der Waals surface area contributed by atoms with Crippen molar-refractivity contribution in [3.8, 4) is 0 Å². The summed E-state index contributed by atoms with van der Waals surface area (Å²) < 4.78 is 0. The lowest BCUT2D eigenvalue weighted by Gasteiger charge is -2.14. The fourth-order valence-electron chi connectivity index (χ4n) is 1.70. The average Bonchev–Trinajstić information content (AvgIpc) is 2.36. The van der Waals surface area contributed by atoms with Gasteiger partial charge in [0.25, 0.3) is 0 Å². The summed E-state index contributed by atoms with van der Waals surface area (Å²) >= 11 is 0. The molecule has 0 aromatic heterocycles. The largest absolute Gasteiger partial charge is 0.392 e. The second-order valence-electron chi connectivity index (χ2n) is 4.89. The zero-order valence-corrected chi connectivity index (χ0v) is 12.5. The molecule has 0 radical (unpaired) electrons. The van der Waals surface area contributed by atoms with Crippen LogP contribution in [0, 0.1) is 0 Å². The van der Waals surface area contributed by atoms with Gasteiger partial charge in [-0.2, -0.15) is 0 Å². The second kappa shape index (κ2) is 10.6. The molecular formula is C16H27NO2. The summed E-state index contributed by atoms with van der Waals surface area (Å²) in [4.78, 5) is 13.4. The molecule has 0 atom stereocenters. The normalized spacial score (nSPS) is 12.4. The van der Waals surface area contributed by atoms with Gasteiger partial charge in [0.05, 0.1) is 6.61 Å². The lowest BCUT2D eigenvalue weighted by molar-refractivity contribution is -0.129. The number of aliphatic hydroxyl groups is 1. The van der Waals surface area contributed by atoms with Gasteiger partial charge in [0, 0.05) is 20.0 Å². The molecule has 1 N–H and O–H groups in total. The Balaban J connectivity index is 3.97. The standard InChI is InChI=1S/C16H27NO2/c1-5-12-17(4)16(19)10-9-14(2)7-6-8-15(3)11-13-18/h5,7,11,18H,1,6,8-10,12-13H2,2-4H3/b14-7+,15-11+. The molecule has 0 rings (SSSR count). The third-order valence-corrected chi connectivity index (χ3v) is 3.03. The van der Waals surface area contributed by atoms with Gasteiger partial charge < -0.3 is 10.0 Å². The average molecular weight is 265 g/mol. The molecule has 0 aromatic rings. The summed E-state index contributed by atoms with van der Waals surface area (Å²) in [5, 5.41) is 8.75. The molecule has 0 bridgehead atoms. The van der Waals surface area contributed by atoms with Crippen molar-refractivity contribution < 1.29 is 9.90 Å². The van der Waals surface area contributed by atoms with Crippen LogP contribution >= 0.6 is 0 Å². The van der Waals surface area contributed by atoms with Gasteiger partial charge in [-0.1, -0.05) is 29.4 Å². The number of nitrogens with zero attached hydrogens (tertiary/aromatic N) is 1. The number of amides is 1. The summed E-state index contributed by atoms with van der Waals surface area (Å²) in [7, 11) is 1.80. The van der Waals surface area contributed by atoms with Crippen LogP contribution in [0.5, 0.6) is 0 Å². The number of hydrogen-bond acceptors (Lipinski definition) is 2. The Hall–Kier alpha value is -1.35. The van der Waals surface area contributed by atoms with Crippen molar-refractivity contribution in [1.82, 2.24) is 4.90 Å². The van der Waals surface area contributed by atoms with Crippen LogP contribution in [0.2, 0.25) is 0 Å². The zero-order valence-electron chi connectivity index (χ0n) is 12.5. The number of carbonyl (C=O) groups is 1. The fraction of sp³-hybridized carbons (Fsp3) is 0.562. The fourth-order valence-corrected chi connectivity index (χ4v) is 1.70. The summed E-state index contributed by atoms with van der Waals surface area (Å²) in [6, 6.07) is 0. The highest BCUT2D eigenvalue weighted by Crippen LogP contribution is 2.10. The van der Waals surface area contributed by atoms with Gasteiger partial charge in [-0.05, 0) is 33.1 Å². The van der Waals surface area contributed by atoms with Crippen molar-refractivity contribution in [1.29, 1.82) is 0 Å². The number of aliphatic hydroxyl groups excluding tert-OH is 1. The number of carbonyl (C=O) groups excluding carboxylic acids is 1. The van der Waals surface area contributed by atoms with Crippen molar-refractivity contribution in [2.45, 2.75) is 39.5 Å². The summed E-state index contributed by atoms with van der Waals surface area (Å²) in [6.07, 6.45) is 9.03. The van der Waals surface area contributed by atoms with Gasteiger partial charge >= 0.3 is 0 Å². The van der Waals surface area contributed by atoms with Crippen LogP contribution in [0.1, 0.15) is 39.5 Å². The van der Waals surface area contributed by atoms with E-state index in [1.54, 1.807) is 18.0 Å². The minimum atomic E-state index is 0.110. The molecule has 0 spiro atoms. The molecule has 0 heterocycles. The van der Waals surface area contributed by atoms with Crippen molar-refractivity contribution >= 4 is 5.91 Å². The Labute approximate surface area is 117 Å². The minimum absolute atomic E-state index is 0.110.